The smallest absolute Gasteiger partial charge is 0.189 e. The molecule has 0 fully saturated rings. The van der Waals surface area contributed by atoms with Crippen LogP contribution < -0.4 is 11.1 Å². The summed E-state index contributed by atoms with van der Waals surface area (Å²) in [4.78, 5) is 0. The molecule has 0 unspecified atom stereocenters. The van der Waals surface area contributed by atoms with Gasteiger partial charge in [-0.1, -0.05) is 0 Å². The molecule has 9 heavy (non-hydrogen) atoms. The van der Waals surface area contributed by atoms with Gasteiger partial charge in [-0.25, -0.2) is 0 Å². The van der Waals surface area contributed by atoms with Crippen LogP contribution in [0.25, 0.3) is 0 Å². The Hall–Kier alpha value is -0.610. The summed E-state index contributed by atoms with van der Waals surface area (Å²) >= 11 is 6.08. The average molecular weight is 157 g/mol. The van der Waals surface area contributed by atoms with Gasteiger partial charge in [-0.2, -0.15) is 11.3 Å². The Labute approximate surface area is 62.7 Å². The number of rotatable bonds is 1. The van der Waals surface area contributed by atoms with Crippen molar-refractivity contribution in [1.29, 1.82) is 0 Å². The van der Waals surface area contributed by atoms with Crippen molar-refractivity contribution in [2.75, 3.05) is 5.32 Å². The first-order chi connectivity index (χ1) is 4.29. The summed E-state index contributed by atoms with van der Waals surface area (Å²) in [6.45, 7) is 0. The van der Waals surface area contributed by atoms with Crippen LogP contribution in [-0.2, 0) is 0 Å². The van der Waals surface area contributed by atoms with Crippen LogP contribution in [0.5, 0.6) is 0 Å². The van der Waals surface area contributed by atoms with Crippen LogP contribution in [0.1, 0.15) is 0 Å². The fourth-order valence-electron chi connectivity index (χ4n) is 0.467. The zero-order valence-electron chi connectivity index (χ0n) is 4.55. The molecular formula is C5H5N2S2. The van der Waals surface area contributed by atoms with Gasteiger partial charge >= 0.3 is 0 Å². The van der Waals surface area contributed by atoms with E-state index in [0.717, 1.165) is 5.69 Å². The van der Waals surface area contributed by atoms with Crippen molar-refractivity contribution in [3.8, 4) is 0 Å². The van der Waals surface area contributed by atoms with E-state index in [0.29, 0.717) is 0 Å². The molecule has 2 nitrogen and oxygen atoms in total. The first kappa shape index (κ1) is 6.51. The number of anilines is 1. The Kier molecular flexibility index (Phi) is 2.02. The summed E-state index contributed by atoms with van der Waals surface area (Å²) in [5.74, 6) is 0. The molecule has 0 bridgehead atoms. The van der Waals surface area contributed by atoms with Gasteiger partial charge in [0, 0.05) is 5.38 Å². The largest absolute Gasteiger partial charge is 0.331 e. The van der Waals surface area contributed by atoms with E-state index >= 15 is 0 Å². The molecule has 1 heterocycles. The highest BCUT2D eigenvalue weighted by Gasteiger charge is 1.90. The zero-order chi connectivity index (χ0) is 6.69. The lowest BCUT2D eigenvalue weighted by atomic mass is 10.5. The number of hydrogen-bond acceptors (Lipinski definition) is 2. The lowest BCUT2D eigenvalue weighted by molar-refractivity contribution is 1.62. The highest BCUT2D eigenvalue weighted by Crippen LogP contribution is 2.10. The van der Waals surface area contributed by atoms with E-state index in [-0.39, 0.29) is 5.11 Å². The quantitative estimate of drug-likeness (QED) is 0.630. The Bertz CT molecular complexity index is 193. The van der Waals surface area contributed by atoms with E-state index in [1.807, 2.05) is 16.8 Å². The fourth-order valence-corrected chi connectivity index (χ4v) is 1.17. The van der Waals surface area contributed by atoms with Crippen LogP contribution in [0, 0.1) is 0 Å². The van der Waals surface area contributed by atoms with Crippen molar-refractivity contribution in [2.24, 2.45) is 0 Å². The van der Waals surface area contributed by atoms with Gasteiger partial charge in [-0.05, 0) is 23.7 Å². The maximum atomic E-state index is 6.88. The first-order valence-electron chi connectivity index (χ1n) is 2.34. The maximum Gasteiger partial charge on any atom is 0.189 e. The summed E-state index contributed by atoms with van der Waals surface area (Å²) in [7, 11) is 0. The summed E-state index contributed by atoms with van der Waals surface area (Å²) in [6.07, 6.45) is 0. The van der Waals surface area contributed by atoms with E-state index in [2.05, 4.69) is 17.5 Å². The van der Waals surface area contributed by atoms with Crippen LogP contribution >= 0.6 is 23.6 Å². The molecule has 4 heteroatoms. The topological polar surface area (TPSA) is 35.8 Å². The van der Waals surface area contributed by atoms with Gasteiger partial charge in [0.2, 0.25) is 0 Å². The van der Waals surface area contributed by atoms with E-state index in [1.54, 1.807) is 11.3 Å². The third kappa shape index (κ3) is 1.99. The third-order valence-electron chi connectivity index (χ3n) is 0.779. The van der Waals surface area contributed by atoms with Crippen LogP contribution in [0.3, 0.4) is 0 Å². The molecule has 0 amide bonds. The molecule has 0 aliphatic heterocycles. The average Bonchev–Trinajstić information content (AvgIpc) is 2.15. The normalized spacial score (nSPS) is 8.89. The molecule has 2 N–H and O–H groups in total. The van der Waals surface area contributed by atoms with Crippen molar-refractivity contribution in [1.82, 2.24) is 5.73 Å². The van der Waals surface area contributed by atoms with Gasteiger partial charge in [-0.3, -0.25) is 5.73 Å². The Morgan fingerprint density at radius 1 is 1.78 bits per heavy atom. The van der Waals surface area contributed by atoms with Crippen molar-refractivity contribution in [3.05, 3.63) is 16.8 Å². The van der Waals surface area contributed by atoms with Gasteiger partial charge in [0.25, 0.3) is 0 Å². The van der Waals surface area contributed by atoms with Crippen molar-refractivity contribution in [3.63, 3.8) is 0 Å². The molecular weight excluding hydrogens is 152 g/mol. The first-order valence-corrected chi connectivity index (χ1v) is 3.69. The standard InChI is InChI=1S/C5H5N2S2/c6-5(8)7-4-1-2-9-3-4/h1-3,6H,(H,7,8). The maximum absolute atomic E-state index is 6.88. The predicted octanol–water partition coefficient (Wildman–Crippen LogP) is 1.73. The molecule has 0 aliphatic carbocycles. The zero-order valence-corrected chi connectivity index (χ0v) is 6.18. The lowest BCUT2D eigenvalue weighted by Gasteiger charge is -1.94. The summed E-state index contributed by atoms with van der Waals surface area (Å²) < 4.78 is 0. The second kappa shape index (κ2) is 2.80. The van der Waals surface area contributed by atoms with Gasteiger partial charge in [0.1, 0.15) is 0 Å². The predicted molar refractivity (Wildman–Crippen MR) is 43.6 cm³/mol. The highest BCUT2D eigenvalue weighted by molar-refractivity contribution is 7.80. The van der Waals surface area contributed by atoms with Gasteiger partial charge in [0.15, 0.2) is 5.11 Å². The minimum absolute atomic E-state index is 0.0633. The Morgan fingerprint density at radius 3 is 3.00 bits per heavy atom. The molecule has 1 radical (unpaired) electrons. The SMILES string of the molecule is [NH]C(=S)Nc1ccsc1. The van der Waals surface area contributed by atoms with Crippen LogP contribution in [0.4, 0.5) is 5.69 Å². The molecule has 0 atom stereocenters. The van der Waals surface area contributed by atoms with E-state index in [9.17, 15) is 0 Å². The molecule has 0 saturated carbocycles. The number of nitrogens with one attached hydrogen (secondary N) is 2. The fraction of sp³-hybridized carbons (Fsp3) is 0. The lowest BCUT2D eigenvalue weighted by Crippen LogP contribution is -2.07. The van der Waals surface area contributed by atoms with Crippen LogP contribution in [0.2, 0.25) is 0 Å². The van der Waals surface area contributed by atoms with Gasteiger partial charge in [-0.15, -0.1) is 0 Å². The van der Waals surface area contributed by atoms with E-state index in [1.165, 1.54) is 0 Å². The van der Waals surface area contributed by atoms with Gasteiger partial charge in [0.05, 0.1) is 5.69 Å². The summed E-state index contributed by atoms with van der Waals surface area (Å²) in [6, 6.07) is 1.88. The molecule has 1 aromatic heterocycles. The number of thiocarbonyl (C=S) groups is 1. The van der Waals surface area contributed by atoms with Crippen molar-refractivity contribution < 1.29 is 0 Å². The second-order valence-corrected chi connectivity index (χ2v) is 2.65. The van der Waals surface area contributed by atoms with Crippen LogP contribution in [0.15, 0.2) is 16.8 Å². The Balaban J connectivity index is 2.58. The van der Waals surface area contributed by atoms with Crippen molar-refractivity contribution in [2.45, 2.75) is 0 Å². The summed E-state index contributed by atoms with van der Waals surface area (Å²) in [5, 5.41) is 6.59. The molecule has 47 valence electrons. The van der Waals surface area contributed by atoms with Crippen LogP contribution in [-0.4, -0.2) is 5.11 Å². The van der Waals surface area contributed by atoms with Crippen molar-refractivity contribution >= 4 is 34.4 Å². The van der Waals surface area contributed by atoms with Gasteiger partial charge < -0.3 is 5.32 Å². The number of hydrogen-bond donors (Lipinski definition) is 1. The molecule has 0 spiro atoms. The summed E-state index contributed by atoms with van der Waals surface area (Å²) in [5.41, 5.74) is 7.78. The monoisotopic (exact) mass is 157 g/mol. The molecule has 1 aromatic rings. The molecule has 0 aliphatic rings. The minimum atomic E-state index is 0.0633. The second-order valence-electron chi connectivity index (χ2n) is 1.47. The highest BCUT2D eigenvalue weighted by atomic mass is 32.1. The third-order valence-corrected chi connectivity index (χ3v) is 1.56. The number of thiophene rings is 1. The molecule has 0 aromatic carbocycles. The molecule has 0 saturated heterocycles. The Morgan fingerprint density at radius 2 is 2.56 bits per heavy atom. The minimum Gasteiger partial charge on any atom is -0.331 e. The molecule has 1 rings (SSSR count). The van der Waals surface area contributed by atoms with E-state index in [4.69, 9.17) is 5.73 Å². The van der Waals surface area contributed by atoms with E-state index < -0.39 is 0 Å².